The summed E-state index contributed by atoms with van der Waals surface area (Å²) in [4.78, 5) is 4.98. The zero-order chi connectivity index (χ0) is 21.7. The molecule has 9 heteroatoms. The third-order valence-electron chi connectivity index (χ3n) is 5.29. The lowest BCUT2D eigenvalue weighted by atomic mass is 10.2. The Bertz CT molecular complexity index is 1030. The molecule has 0 bridgehead atoms. The molecule has 0 radical (unpaired) electrons. The molecular formula is C22H28N4O4S. The molecule has 2 aromatic carbocycles. The molecule has 2 aromatic rings. The van der Waals surface area contributed by atoms with Gasteiger partial charge in [0, 0.05) is 26.2 Å². The van der Waals surface area contributed by atoms with E-state index in [0.29, 0.717) is 37.0 Å². The number of hydrogen-bond donors (Lipinski definition) is 2. The van der Waals surface area contributed by atoms with E-state index in [0.717, 1.165) is 42.0 Å². The molecule has 0 amide bonds. The second-order valence-corrected chi connectivity index (χ2v) is 9.43. The Kier molecular flexibility index (Phi) is 6.62. The van der Waals surface area contributed by atoms with Gasteiger partial charge in [0.05, 0.1) is 11.4 Å². The molecule has 4 rings (SSSR count). The monoisotopic (exact) mass is 444 g/mol. The minimum Gasteiger partial charge on any atom is -0.454 e. The number of nitrogens with zero attached hydrogens (tertiary/aromatic N) is 2. The Morgan fingerprint density at radius 2 is 1.71 bits per heavy atom. The number of sulfonamides is 1. The summed E-state index contributed by atoms with van der Waals surface area (Å²) in [7, 11) is -3.38. The first-order chi connectivity index (χ1) is 15.1. The van der Waals surface area contributed by atoms with Gasteiger partial charge in [0.1, 0.15) is 0 Å². The van der Waals surface area contributed by atoms with Crippen molar-refractivity contribution in [3.05, 3.63) is 53.6 Å². The summed E-state index contributed by atoms with van der Waals surface area (Å²) in [5.74, 6) is 2.19. The van der Waals surface area contributed by atoms with Crippen molar-refractivity contribution < 1.29 is 17.9 Å². The first-order valence-corrected chi connectivity index (χ1v) is 12.0. The van der Waals surface area contributed by atoms with Crippen LogP contribution in [-0.2, 0) is 23.1 Å². The fourth-order valence-electron chi connectivity index (χ4n) is 3.59. The lowest BCUT2D eigenvalue weighted by molar-refractivity contribution is 0.174. The summed E-state index contributed by atoms with van der Waals surface area (Å²) in [5.41, 5.74) is 2.01. The molecule has 2 aliphatic heterocycles. The third kappa shape index (κ3) is 5.11. The van der Waals surface area contributed by atoms with Crippen molar-refractivity contribution in [1.29, 1.82) is 0 Å². The zero-order valence-electron chi connectivity index (χ0n) is 17.6. The van der Waals surface area contributed by atoms with Crippen LogP contribution in [0.1, 0.15) is 30.9 Å². The number of ether oxygens (including phenoxy) is 2. The summed E-state index contributed by atoms with van der Waals surface area (Å²) in [5, 5.41) is 6.52. The van der Waals surface area contributed by atoms with Crippen LogP contribution in [0.4, 0.5) is 0 Å². The van der Waals surface area contributed by atoms with Crippen LogP contribution in [0.15, 0.2) is 52.4 Å². The number of benzene rings is 2. The van der Waals surface area contributed by atoms with E-state index in [1.165, 1.54) is 0 Å². The van der Waals surface area contributed by atoms with E-state index in [1.54, 1.807) is 16.4 Å². The van der Waals surface area contributed by atoms with Gasteiger partial charge in [-0.15, -0.1) is 0 Å². The highest BCUT2D eigenvalue weighted by atomic mass is 32.2. The maximum absolute atomic E-state index is 12.7. The minimum atomic E-state index is -3.38. The second-order valence-electron chi connectivity index (χ2n) is 7.49. The number of rotatable bonds is 7. The summed E-state index contributed by atoms with van der Waals surface area (Å²) in [6.07, 6.45) is 1.86. The normalized spacial score (nSPS) is 16.5. The second kappa shape index (κ2) is 9.57. The lowest BCUT2D eigenvalue weighted by Crippen LogP contribution is -2.36. The largest absolute Gasteiger partial charge is 0.454 e. The predicted octanol–water partition coefficient (Wildman–Crippen LogP) is 2.46. The molecule has 2 heterocycles. The van der Waals surface area contributed by atoms with E-state index < -0.39 is 10.0 Å². The Labute approximate surface area is 183 Å². The first-order valence-electron chi connectivity index (χ1n) is 10.6. The van der Waals surface area contributed by atoms with Crippen LogP contribution in [0.25, 0.3) is 0 Å². The van der Waals surface area contributed by atoms with Crippen molar-refractivity contribution in [3.63, 3.8) is 0 Å². The van der Waals surface area contributed by atoms with Gasteiger partial charge in [-0.25, -0.2) is 13.4 Å². The van der Waals surface area contributed by atoms with Crippen LogP contribution >= 0.6 is 0 Å². The molecule has 166 valence electrons. The number of nitrogens with one attached hydrogen (secondary N) is 2. The average Bonchev–Trinajstić information content (AvgIpc) is 3.48. The van der Waals surface area contributed by atoms with Crippen LogP contribution in [0, 0.1) is 0 Å². The molecule has 0 unspecified atom stereocenters. The molecule has 2 aliphatic rings. The Balaban J connectivity index is 1.37. The van der Waals surface area contributed by atoms with Crippen molar-refractivity contribution in [1.82, 2.24) is 14.9 Å². The van der Waals surface area contributed by atoms with Gasteiger partial charge in [-0.3, -0.25) is 0 Å². The number of guanidine groups is 1. The molecule has 2 N–H and O–H groups in total. The SMILES string of the molecule is CCNC(=NCc1ccc2c(c1)OCO2)NCc1ccc(S(=O)(=O)N2CCCC2)cc1. The fourth-order valence-corrected chi connectivity index (χ4v) is 5.11. The van der Waals surface area contributed by atoms with Crippen LogP contribution in [-0.4, -0.2) is 45.1 Å². The molecular weight excluding hydrogens is 416 g/mol. The molecule has 8 nitrogen and oxygen atoms in total. The highest BCUT2D eigenvalue weighted by molar-refractivity contribution is 7.89. The lowest BCUT2D eigenvalue weighted by Gasteiger charge is -2.16. The molecule has 1 saturated heterocycles. The number of fused-ring (bicyclic) bond motifs is 1. The summed E-state index contributed by atoms with van der Waals surface area (Å²) in [6, 6.07) is 12.9. The molecule has 0 atom stereocenters. The minimum absolute atomic E-state index is 0.254. The van der Waals surface area contributed by atoms with Gasteiger partial charge in [-0.1, -0.05) is 18.2 Å². The molecule has 31 heavy (non-hydrogen) atoms. The third-order valence-corrected chi connectivity index (χ3v) is 7.20. The highest BCUT2D eigenvalue weighted by Crippen LogP contribution is 2.32. The van der Waals surface area contributed by atoms with E-state index in [-0.39, 0.29) is 6.79 Å². The highest BCUT2D eigenvalue weighted by Gasteiger charge is 2.26. The fraction of sp³-hybridized carbons (Fsp3) is 0.409. The van der Waals surface area contributed by atoms with Crippen molar-refractivity contribution in [2.45, 2.75) is 37.8 Å². The number of hydrogen-bond acceptors (Lipinski definition) is 5. The average molecular weight is 445 g/mol. The zero-order valence-corrected chi connectivity index (χ0v) is 18.5. The van der Waals surface area contributed by atoms with Gasteiger partial charge in [0.2, 0.25) is 16.8 Å². The number of aliphatic imine (C=N–C) groups is 1. The first kappa shape index (κ1) is 21.5. The van der Waals surface area contributed by atoms with Crippen LogP contribution < -0.4 is 20.1 Å². The maximum atomic E-state index is 12.7. The maximum Gasteiger partial charge on any atom is 0.243 e. The van der Waals surface area contributed by atoms with Crippen molar-refractivity contribution in [3.8, 4) is 11.5 Å². The molecule has 0 spiro atoms. The predicted molar refractivity (Wildman–Crippen MR) is 119 cm³/mol. The Morgan fingerprint density at radius 3 is 2.45 bits per heavy atom. The van der Waals surface area contributed by atoms with Gasteiger partial charge in [0.25, 0.3) is 0 Å². The van der Waals surface area contributed by atoms with Gasteiger partial charge in [0.15, 0.2) is 17.5 Å². The smallest absolute Gasteiger partial charge is 0.243 e. The molecule has 0 aliphatic carbocycles. The Hall–Kier alpha value is -2.78. The van der Waals surface area contributed by atoms with Gasteiger partial charge in [-0.05, 0) is 55.2 Å². The van der Waals surface area contributed by atoms with Gasteiger partial charge >= 0.3 is 0 Å². The summed E-state index contributed by atoms with van der Waals surface area (Å²) in [6.45, 7) is 5.26. The molecule has 0 aromatic heterocycles. The molecule has 0 saturated carbocycles. The topological polar surface area (TPSA) is 92.3 Å². The van der Waals surface area contributed by atoms with Gasteiger partial charge in [-0.2, -0.15) is 4.31 Å². The van der Waals surface area contributed by atoms with Crippen LogP contribution in [0.2, 0.25) is 0 Å². The van der Waals surface area contributed by atoms with Crippen LogP contribution in [0.3, 0.4) is 0 Å². The van der Waals surface area contributed by atoms with E-state index >= 15 is 0 Å². The van der Waals surface area contributed by atoms with E-state index in [2.05, 4.69) is 15.6 Å². The summed E-state index contributed by atoms with van der Waals surface area (Å²) < 4.78 is 37.6. The van der Waals surface area contributed by atoms with E-state index in [9.17, 15) is 8.42 Å². The van der Waals surface area contributed by atoms with Crippen molar-refractivity contribution in [2.75, 3.05) is 26.4 Å². The quantitative estimate of drug-likeness (QED) is 0.504. The van der Waals surface area contributed by atoms with E-state index in [1.807, 2.05) is 37.3 Å². The van der Waals surface area contributed by atoms with Crippen molar-refractivity contribution in [2.24, 2.45) is 4.99 Å². The van der Waals surface area contributed by atoms with Crippen LogP contribution in [0.5, 0.6) is 11.5 Å². The molecule has 1 fully saturated rings. The van der Waals surface area contributed by atoms with Crippen molar-refractivity contribution >= 4 is 16.0 Å². The van der Waals surface area contributed by atoms with Gasteiger partial charge < -0.3 is 20.1 Å². The Morgan fingerprint density at radius 1 is 1.00 bits per heavy atom. The summed E-state index contributed by atoms with van der Waals surface area (Å²) >= 11 is 0. The van der Waals surface area contributed by atoms with E-state index in [4.69, 9.17) is 9.47 Å². The standard InChI is InChI=1S/C22H28N4O4S/c1-2-23-22(25-15-18-7-10-20-21(13-18)30-16-29-20)24-14-17-5-8-19(9-6-17)31(27,28)26-11-3-4-12-26/h5-10,13H,2-4,11-12,14-16H2,1H3,(H2,23,24,25).